The fourth-order valence-corrected chi connectivity index (χ4v) is 3.73. The van der Waals surface area contributed by atoms with Crippen molar-refractivity contribution < 1.29 is 9.69 Å². The standard InChI is InChI=1S/C19H26N4O2S/c1-13(17(24)20-14-9-10-14)26-19-21-16-8-5-4-7-15(16)18(25)23(19)12-6-11-22(2)3/h4-5,7-8,13-14H,6,9-12H2,1-3H3,(H,20,24)/p+1/t13-/m0/s1. The third-order valence-corrected chi connectivity index (χ3v) is 5.55. The monoisotopic (exact) mass is 375 g/mol. The molecule has 2 N–H and O–H groups in total. The Labute approximate surface area is 158 Å². The van der Waals surface area contributed by atoms with E-state index in [0.717, 1.165) is 25.8 Å². The molecule has 1 heterocycles. The number of carbonyl (C=O) groups excluding carboxylic acids is 1. The highest BCUT2D eigenvalue weighted by Gasteiger charge is 2.27. The zero-order valence-electron chi connectivity index (χ0n) is 15.6. The van der Waals surface area contributed by atoms with Gasteiger partial charge in [-0.25, -0.2) is 4.98 Å². The number of amides is 1. The average Bonchev–Trinajstić information content (AvgIpc) is 3.41. The van der Waals surface area contributed by atoms with E-state index in [4.69, 9.17) is 4.98 Å². The van der Waals surface area contributed by atoms with Crippen molar-refractivity contribution in [3.63, 3.8) is 0 Å². The van der Waals surface area contributed by atoms with Gasteiger partial charge in [-0.1, -0.05) is 23.9 Å². The summed E-state index contributed by atoms with van der Waals surface area (Å²) in [7, 11) is 4.20. The van der Waals surface area contributed by atoms with E-state index in [1.807, 2.05) is 31.2 Å². The van der Waals surface area contributed by atoms with E-state index in [1.165, 1.54) is 16.7 Å². The molecule has 1 aromatic carbocycles. The molecule has 1 aromatic heterocycles. The van der Waals surface area contributed by atoms with E-state index in [9.17, 15) is 9.59 Å². The number of nitrogens with zero attached hydrogens (tertiary/aromatic N) is 2. The Kier molecular flexibility index (Phi) is 5.98. The second-order valence-corrected chi connectivity index (χ2v) is 8.53. The largest absolute Gasteiger partial charge is 0.352 e. The number of thioether (sulfide) groups is 1. The van der Waals surface area contributed by atoms with Gasteiger partial charge in [0.25, 0.3) is 5.56 Å². The summed E-state index contributed by atoms with van der Waals surface area (Å²) >= 11 is 1.37. The first-order valence-corrected chi connectivity index (χ1v) is 10.1. The zero-order chi connectivity index (χ0) is 18.7. The van der Waals surface area contributed by atoms with Crippen molar-refractivity contribution in [3.8, 4) is 0 Å². The van der Waals surface area contributed by atoms with Crippen LogP contribution in [0.4, 0.5) is 0 Å². The molecule has 26 heavy (non-hydrogen) atoms. The minimum atomic E-state index is -0.283. The van der Waals surface area contributed by atoms with Crippen LogP contribution in [-0.4, -0.2) is 47.4 Å². The maximum atomic E-state index is 13.0. The molecule has 1 aliphatic rings. The molecule has 1 amide bonds. The maximum Gasteiger partial charge on any atom is 0.262 e. The molecule has 6 nitrogen and oxygen atoms in total. The summed E-state index contributed by atoms with van der Waals surface area (Å²) in [5.41, 5.74) is 0.658. The number of hydrogen-bond donors (Lipinski definition) is 2. The van der Waals surface area contributed by atoms with Gasteiger partial charge >= 0.3 is 0 Å². The van der Waals surface area contributed by atoms with Crippen LogP contribution in [0, 0.1) is 0 Å². The highest BCUT2D eigenvalue weighted by atomic mass is 32.2. The van der Waals surface area contributed by atoms with Gasteiger partial charge in [-0.15, -0.1) is 0 Å². The summed E-state index contributed by atoms with van der Waals surface area (Å²) in [5.74, 6) is 0.0178. The summed E-state index contributed by atoms with van der Waals surface area (Å²) in [6.45, 7) is 3.46. The SMILES string of the molecule is C[C@H](Sc1nc2ccccc2c(=O)n1CCC[NH+](C)C)C(=O)NC1CC1. The summed E-state index contributed by atoms with van der Waals surface area (Å²) in [5, 5.41) is 4.00. The first-order chi connectivity index (χ1) is 12.5. The van der Waals surface area contributed by atoms with E-state index < -0.39 is 0 Å². The number of hydrogen-bond acceptors (Lipinski definition) is 4. The number of aromatic nitrogens is 2. The van der Waals surface area contributed by atoms with Crippen LogP contribution in [0.2, 0.25) is 0 Å². The fourth-order valence-electron chi connectivity index (χ4n) is 2.78. The number of rotatable bonds is 8. The number of nitrogens with one attached hydrogen (secondary N) is 2. The smallest absolute Gasteiger partial charge is 0.262 e. The van der Waals surface area contributed by atoms with E-state index in [0.29, 0.717) is 28.6 Å². The molecule has 7 heteroatoms. The topological polar surface area (TPSA) is 68.4 Å². The Morgan fingerprint density at radius 3 is 2.81 bits per heavy atom. The van der Waals surface area contributed by atoms with Gasteiger partial charge in [0.2, 0.25) is 5.91 Å². The summed E-state index contributed by atoms with van der Waals surface area (Å²) in [6, 6.07) is 7.74. The summed E-state index contributed by atoms with van der Waals surface area (Å²) < 4.78 is 1.73. The van der Waals surface area contributed by atoms with Crippen molar-refractivity contribution in [1.82, 2.24) is 14.9 Å². The van der Waals surface area contributed by atoms with Crippen molar-refractivity contribution in [1.29, 1.82) is 0 Å². The van der Waals surface area contributed by atoms with Gasteiger partial charge in [0.1, 0.15) is 0 Å². The fraction of sp³-hybridized carbons (Fsp3) is 0.526. The predicted molar refractivity (Wildman–Crippen MR) is 105 cm³/mol. The third-order valence-electron chi connectivity index (χ3n) is 4.46. The lowest BCUT2D eigenvalue weighted by Gasteiger charge is -2.16. The number of para-hydroxylation sites is 1. The highest BCUT2D eigenvalue weighted by molar-refractivity contribution is 8.00. The van der Waals surface area contributed by atoms with Gasteiger partial charge in [0, 0.05) is 19.0 Å². The molecule has 1 saturated carbocycles. The lowest BCUT2D eigenvalue weighted by atomic mass is 10.2. The first kappa shape index (κ1) is 18.9. The van der Waals surface area contributed by atoms with Gasteiger partial charge in [-0.05, 0) is 31.9 Å². The normalized spacial score (nSPS) is 15.4. The molecule has 1 atom stereocenters. The van der Waals surface area contributed by atoms with Crippen molar-refractivity contribution in [2.24, 2.45) is 0 Å². The zero-order valence-corrected chi connectivity index (χ0v) is 16.4. The van der Waals surface area contributed by atoms with E-state index in [-0.39, 0.29) is 16.7 Å². The summed E-state index contributed by atoms with van der Waals surface area (Å²) in [6.07, 6.45) is 3.02. The van der Waals surface area contributed by atoms with Crippen molar-refractivity contribution in [2.45, 2.75) is 49.2 Å². The lowest BCUT2D eigenvalue weighted by Crippen LogP contribution is -3.05. The first-order valence-electron chi connectivity index (χ1n) is 9.21. The number of benzene rings is 1. The number of fused-ring (bicyclic) bond motifs is 1. The van der Waals surface area contributed by atoms with Crippen LogP contribution >= 0.6 is 11.8 Å². The highest BCUT2D eigenvalue weighted by Crippen LogP contribution is 2.25. The second kappa shape index (κ2) is 8.22. The minimum absolute atomic E-state index is 0.0178. The van der Waals surface area contributed by atoms with Gasteiger partial charge in [-0.3, -0.25) is 14.2 Å². The Morgan fingerprint density at radius 2 is 2.12 bits per heavy atom. The quantitative estimate of drug-likeness (QED) is 0.526. The van der Waals surface area contributed by atoms with Crippen LogP contribution in [0.15, 0.2) is 34.2 Å². The molecule has 0 saturated heterocycles. The minimum Gasteiger partial charge on any atom is -0.352 e. The molecule has 1 fully saturated rings. The van der Waals surface area contributed by atoms with Gasteiger partial charge < -0.3 is 10.2 Å². The van der Waals surface area contributed by atoms with Crippen LogP contribution in [0.1, 0.15) is 26.2 Å². The maximum absolute atomic E-state index is 13.0. The van der Waals surface area contributed by atoms with Gasteiger partial charge in [0.05, 0.1) is 36.8 Å². The number of carbonyl (C=O) groups is 1. The van der Waals surface area contributed by atoms with E-state index in [1.54, 1.807) is 4.57 Å². The van der Waals surface area contributed by atoms with Crippen LogP contribution in [-0.2, 0) is 11.3 Å². The molecule has 3 rings (SSSR count). The van der Waals surface area contributed by atoms with Crippen LogP contribution in [0.5, 0.6) is 0 Å². The van der Waals surface area contributed by atoms with Crippen molar-refractivity contribution in [3.05, 3.63) is 34.6 Å². The van der Waals surface area contributed by atoms with Crippen molar-refractivity contribution in [2.75, 3.05) is 20.6 Å². The molecule has 0 radical (unpaired) electrons. The van der Waals surface area contributed by atoms with Crippen molar-refractivity contribution >= 4 is 28.6 Å². The van der Waals surface area contributed by atoms with Gasteiger partial charge in [-0.2, -0.15) is 0 Å². The number of quaternary nitrogens is 1. The second-order valence-electron chi connectivity index (χ2n) is 7.22. The van der Waals surface area contributed by atoms with Gasteiger partial charge in [0.15, 0.2) is 5.16 Å². The van der Waals surface area contributed by atoms with E-state index in [2.05, 4.69) is 19.4 Å². The average molecular weight is 376 g/mol. The Bertz CT molecular complexity index is 845. The Morgan fingerprint density at radius 1 is 1.38 bits per heavy atom. The Balaban J connectivity index is 1.87. The van der Waals surface area contributed by atoms with Crippen LogP contribution in [0.25, 0.3) is 10.9 Å². The molecule has 2 aromatic rings. The molecule has 1 aliphatic carbocycles. The molecular weight excluding hydrogens is 348 g/mol. The third kappa shape index (κ3) is 4.65. The Hall–Kier alpha value is -1.86. The molecule has 0 unspecified atom stereocenters. The summed E-state index contributed by atoms with van der Waals surface area (Å²) in [4.78, 5) is 31.3. The van der Waals surface area contributed by atoms with Crippen LogP contribution in [0.3, 0.4) is 0 Å². The van der Waals surface area contributed by atoms with Crippen LogP contribution < -0.4 is 15.8 Å². The molecule has 0 spiro atoms. The molecular formula is C19H27N4O2S+. The molecule has 140 valence electrons. The predicted octanol–water partition coefficient (Wildman–Crippen LogP) is 0.690. The molecule has 0 aliphatic heterocycles. The molecule has 0 bridgehead atoms. The van der Waals surface area contributed by atoms with E-state index >= 15 is 0 Å². The lowest BCUT2D eigenvalue weighted by molar-refractivity contribution is -0.858.